The number of carbonyl (C=O) groups is 1. The first kappa shape index (κ1) is 11.8. The third-order valence-corrected chi connectivity index (χ3v) is 2.43. The van der Waals surface area contributed by atoms with E-state index in [4.69, 9.17) is 5.26 Å². The molecule has 4 heteroatoms. The van der Waals surface area contributed by atoms with Crippen molar-refractivity contribution in [1.29, 1.82) is 5.26 Å². The van der Waals surface area contributed by atoms with Crippen LogP contribution in [0, 0.1) is 18.3 Å². The zero-order valence-corrected chi connectivity index (χ0v) is 9.84. The van der Waals surface area contributed by atoms with Crippen LogP contribution in [0.5, 0.6) is 0 Å². The molecule has 4 nitrogen and oxygen atoms in total. The lowest BCUT2D eigenvalue weighted by Crippen LogP contribution is -2.13. The number of aryl methyl sites for hydroxylation is 1. The van der Waals surface area contributed by atoms with Crippen LogP contribution < -0.4 is 5.32 Å². The number of rotatable bonds is 2. The minimum absolute atomic E-state index is 0.231. The molecule has 1 aromatic heterocycles. The van der Waals surface area contributed by atoms with Crippen molar-refractivity contribution in [3.8, 4) is 6.07 Å². The smallest absolute Gasteiger partial charge is 0.274 e. The summed E-state index contributed by atoms with van der Waals surface area (Å²) < 4.78 is 0. The average molecular weight is 237 g/mol. The summed E-state index contributed by atoms with van der Waals surface area (Å²) in [6.45, 7) is 1.98. The number of nitrogens with zero attached hydrogens (tertiary/aromatic N) is 2. The quantitative estimate of drug-likeness (QED) is 0.872. The van der Waals surface area contributed by atoms with E-state index < -0.39 is 0 Å². The molecule has 18 heavy (non-hydrogen) atoms. The van der Waals surface area contributed by atoms with E-state index in [1.807, 2.05) is 37.3 Å². The van der Waals surface area contributed by atoms with E-state index in [1.54, 1.807) is 6.07 Å². The average Bonchev–Trinajstić information content (AvgIpc) is 2.41. The van der Waals surface area contributed by atoms with E-state index in [2.05, 4.69) is 10.3 Å². The fraction of sp³-hybridized carbons (Fsp3) is 0.0714. The fourth-order valence-electron chi connectivity index (χ4n) is 1.46. The Morgan fingerprint density at radius 3 is 2.67 bits per heavy atom. The van der Waals surface area contributed by atoms with Crippen molar-refractivity contribution in [2.45, 2.75) is 6.92 Å². The topological polar surface area (TPSA) is 65.8 Å². The molecule has 1 heterocycles. The molecule has 0 spiro atoms. The summed E-state index contributed by atoms with van der Waals surface area (Å²) in [6.07, 6.45) is 1.45. The summed E-state index contributed by atoms with van der Waals surface area (Å²) in [5.74, 6) is -0.323. The van der Waals surface area contributed by atoms with Gasteiger partial charge in [-0.25, -0.2) is 0 Å². The predicted octanol–water partition coefficient (Wildman–Crippen LogP) is 2.51. The molecule has 1 aromatic carbocycles. The molecule has 1 amide bonds. The fourth-order valence-corrected chi connectivity index (χ4v) is 1.46. The molecule has 0 radical (unpaired) electrons. The van der Waals surface area contributed by atoms with Crippen molar-refractivity contribution in [3.05, 3.63) is 59.4 Å². The highest BCUT2D eigenvalue weighted by molar-refractivity contribution is 6.03. The highest BCUT2D eigenvalue weighted by Crippen LogP contribution is 2.10. The molecule has 88 valence electrons. The summed E-state index contributed by atoms with van der Waals surface area (Å²) in [5.41, 5.74) is 2.47. The van der Waals surface area contributed by atoms with Gasteiger partial charge in [0.1, 0.15) is 5.69 Å². The van der Waals surface area contributed by atoms with Gasteiger partial charge in [-0.1, -0.05) is 17.7 Å². The van der Waals surface area contributed by atoms with Crippen molar-refractivity contribution in [3.63, 3.8) is 0 Å². The van der Waals surface area contributed by atoms with Crippen LogP contribution in [0.15, 0.2) is 42.6 Å². The highest BCUT2D eigenvalue weighted by atomic mass is 16.1. The van der Waals surface area contributed by atoms with Crippen LogP contribution in [0.2, 0.25) is 0 Å². The Kier molecular flexibility index (Phi) is 3.35. The standard InChI is InChI=1S/C14H11N3O/c1-10-2-4-12(5-3-10)17-14(18)13-8-11(9-15)6-7-16-13/h2-8H,1H3,(H,17,18). The third kappa shape index (κ3) is 2.71. The molecular formula is C14H11N3O. The molecular weight excluding hydrogens is 226 g/mol. The van der Waals surface area contributed by atoms with Gasteiger partial charge in [0.25, 0.3) is 5.91 Å². The Labute approximate surface area is 105 Å². The molecule has 0 saturated carbocycles. The summed E-state index contributed by atoms with van der Waals surface area (Å²) in [5, 5.41) is 11.5. The zero-order chi connectivity index (χ0) is 13.0. The summed E-state index contributed by atoms with van der Waals surface area (Å²) in [7, 11) is 0. The first-order valence-electron chi connectivity index (χ1n) is 5.43. The van der Waals surface area contributed by atoms with E-state index in [0.717, 1.165) is 5.56 Å². The molecule has 0 atom stereocenters. The maximum Gasteiger partial charge on any atom is 0.274 e. The van der Waals surface area contributed by atoms with Crippen LogP contribution in [0.25, 0.3) is 0 Å². The number of carbonyl (C=O) groups excluding carboxylic acids is 1. The largest absolute Gasteiger partial charge is 0.321 e. The minimum atomic E-state index is -0.323. The number of hydrogen-bond donors (Lipinski definition) is 1. The van der Waals surface area contributed by atoms with Crippen molar-refractivity contribution in [2.24, 2.45) is 0 Å². The maximum absolute atomic E-state index is 11.9. The van der Waals surface area contributed by atoms with E-state index >= 15 is 0 Å². The lowest BCUT2D eigenvalue weighted by atomic mass is 10.2. The van der Waals surface area contributed by atoms with Gasteiger partial charge in [0, 0.05) is 11.9 Å². The van der Waals surface area contributed by atoms with Gasteiger partial charge in [-0.15, -0.1) is 0 Å². The second-order valence-corrected chi connectivity index (χ2v) is 3.86. The van der Waals surface area contributed by atoms with Crippen molar-refractivity contribution >= 4 is 11.6 Å². The molecule has 0 bridgehead atoms. The van der Waals surface area contributed by atoms with Gasteiger partial charge in [-0.3, -0.25) is 9.78 Å². The first-order valence-corrected chi connectivity index (χ1v) is 5.43. The van der Waals surface area contributed by atoms with Crippen LogP contribution in [0.4, 0.5) is 5.69 Å². The van der Waals surface area contributed by atoms with Gasteiger partial charge in [0.05, 0.1) is 11.6 Å². The number of anilines is 1. The monoisotopic (exact) mass is 237 g/mol. The number of pyridine rings is 1. The molecule has 0 aliphatic rings. The van der Waals surface area contributed by atoms with Crippen molar-refractivity contribution < 1.29 is 4.79 Å². The van der Waals surface area contributed by atoms with E-state index in [-0.39, 0.29) is 11.6 Å². The molecule has 2 rings (SSSR count). The van der Waals surface area contributed by atoms with Gasteiger partial charge < -0.3 is 5.32 Å². The normalized spacial score (nSPS) is 9.56. The van der Waals surface area contributed by atoms with E-state index in [1.165, 1.54) is 12.3 Å². The number of amides is 1. The number of nitriles is 1. The van der Waals surface area contributed by atoms with E-state index in [0.29, 0.717) is 11.3 Å². The highest BCUT2D eigenvalue weighted by Gasteiger charge is 2.08. The molecule has 0 aliphatic carbocycles. The Morgan fingerprint density at radius 2 is 2.00 bits per heavy atom. The van der Waals surface area contributed by atoms with Crippen LogP contribution >= 0.6 is 0 Å². The molecule has 0 aliphatic heterocycles. The Balaban J connectivity index is 2.17. The summed E-state index contributed by atoms with van der Waals surface area (Å²) in [6, 6.07) is 12.5. The number of benzene rings is 1. The third-order valence-electron chi connectivity index (χ3n) is 2.43. The summed E-state index contributed by atoms with van der Waals surface area (Å²) in [4.78, 5) is 15.8. The molecule has 0 unspecified atom stereocenters. The van der Waals surface area contributed by atoms with Gasteiger partial charge in [-0.05, 0) is 31.2 Å². The van der Waals surface area contributed by atoms with Gasteiger partial charge >= 0.3 is 0 Å². The second kappa shape index (κ2) is 5.11. The molecule has 0 saturated heterocycles. The van der Waals surface area contributed by atoms with Crippen LogP contribution in [0.3, 0.4) is 0 Å². The van der Waals surface area contributed by atoms with Gasteiger partial charge in [0.2, 0.25) is 0 Å². The SMILES string of the molecule is Cc1ccc(NC(=O)c2cc(C#N)ccn2)cc1. The Morgan fingerprint density at radius 1 is 1.28 bits per heavy atom. The number of hydrogen-bond acceptors (Lipinski definition) is 3. The second-order valence-electron chi connectivity index (χ2n) is 3.86. The molecule has 1 N–H and O–H groups in total. The van der Waals surface area contributed by atoms with Crippen LogP contribution in [0.1, 0.15) is 21.6 Å². The molecule has 0 fully saturated rings. The van der Waals surface area contributed by atoms with Gasteiger partial charge in [-0.2, -0.15) is 5.26 Å². The first-order chi connectivity index (χ1) is 8.69. The Hall–Kier alpha value is -2.67. The Bertz CT molecular complexity index is 612. The van der Waals surface area contributed by atoms with Crippen LogP contribution in [-0.2, 0) is 0 Å². The predicted molar refractivity (Wildman–Crippen MR) is 68.1 cm³/mol. The maximum atomic E-state index is 11.9. The molecule has 2 aromatic rings. The van der Waals surface area contributed by atoms with Crippen molar-refractivity contribution in [1.82, 2.24) is 4.98 Å². The zero-order valence-electron chi connectivity index (χ0n) is 9.84. The van der Waals surface area contributed by atoms with Gasteiger partial charge in [0.15, 0.2) is 0 Å². The number of nitrogens with one attached hydrogen (secondary N) is 1. The van der Waals surface area contributed by atoms with E-state index in [9.17, 15) is 4.79 Å². The van der Waals surface area contributed by atoms with Crippen molar-refractivity contribution in [2.75, 3.05) is 5.32 Å². The lowest BCUT2D eigenvalue weighted by molar-refractivity contribution is 0.102. The number of aromatic nitrogens is 1. The van der Waals surface area contributed by atoms with Crippen LogP contribution in [-0.4, -0.2) is 10.9 Å². The summed E-state index contributed by atoms with van der Waals surface area (Å²) >= 11 is 0. The minimum Gasteiger partial charge on any atom is -0.321 e. The lowest BCUT2D eigenvalue weighted by Gasteiger charge is -2.04.